The molecule has 1 atom stereocenters. The maximum absolute atomic E-state index is 5.94. The lowest BCUT2D eigenvalue weighted by Gasteiger charge is -2.06. The van der Waals surface area contributed by atoms with Gasteiger partial charge in [0.1, 0.15) is 5.75 Å². The van der Waals surface area contributed by atoms with Gasteiger partial charge in [0.2, 0.25) is 4.96 Å². The summed E-state index contributed by atoms with van der Waals surface area (Å²) in [5.74, 6) is 1.60. The Labute approximate surface area is 114 Å². The van der Waals surface area contributed by atoms with Gasteiger partial charge in [-0.2, -0.15) is 0 Å². The third kappa shape index (κ3) is 1.98. The molecule has 2 N–H and O–H groups in total. The van der Waals surface area contributed by atoms with Crippen LogP contribution in [0.1, 0.15) is 18.8 Å². The predicted molar refractivity (Wildman–Crippen MR) is 75.5 cm³/mol. The van der Waals surface area contributed by atoms with Crippen LogP contribution in [0, 0.1) is 0 Å². The molecule has 1 unspecified atom stereocenters. The lowest BCUT2D eigenvalue weighted by molar-refractivity contribution is 0.415. The van der Waals surface area contributed by atoms with E-state index in [1.165, 1.54) is 0 Å². The van der Waals surface area contributed by atoms with Crippen molar-refractivity contribution in [3.8, 4) is 17.0 Å². The molecule has 5 nitrogen and oxygen atoms in total. The normalized spacial score (nSPS) is 12.8. The summed E-state index contributed by atoms with van der Waals surface area (Å²) in [4.78, 5) is 0.852. The monoisotopic (exact) mass is 274 g/mol. The molecule has 19 heavy (non-hydrogen) atoms. The molecular formula is C13H14N4OS. The summed E-state index contributed by atoms with van der Waals surface area (Å²) in [5.41, 5.74) is 8.04. The lowest BCUT2D eigenvalue weighted by atomic mass is 10.1. The summed E-state index contributed by atoms with van der Waals surface area (Å²) >= 11 is 1.55. The summed E-state index contributed by atoms with van der Waals surface area (Å²) < 4.78 is 7.27. The third-order valence-electron chi connectivity index (χ3n) is 2.95. The average molecular weight is 274 g/mol. The first-order chi connectivity index (χ1) is 9.20. The van der Waals surface area contributed by atoms with Gasteiger partial charge in [0, 0.05) is 10.9 Å². The van der Waals surface area contributed by atoms with Gasteiger partial charge >= 0.3 is 0 Å². The van der Waals surface area contributed by atoms with Crippen molar-refractivity contribution in [2.45, 2.75) is 13.0 Å². The van der Waals surface area contributed by atoms with E-state index in [-0.39, 0.29) is 6.04 Å². The summed E-state index contributed by atoms with van der Waals surface area (Å²) in [6, 6.07) is 7.76. The van der Waals surface area contributed by atoms with E-state index in [4.69, 9.17) is 10.5 Å². The molecule has 0 aliphatic carbocycles. The molecule has 0 aliphatic rings. The maximum atomic E-state index is 5.94. The van der Waals surface area contributed by atoms with E-state index in [9.17, 15) is 0 Å². The predicted octanol–water partition coefficient (Wildman–Crippen LogP) is 2.49. The third-order valence-corrected chi connectivity index (χ3v) is 3.76. The largest absolute Gasteiger partial charge is 0.497 e. The minimum atomic E-state index is -0.158. The fraction of sp³-hybridized carbons (Fsp3) is 0.231. The van der Waals surface area contributed by atoms with Crippen molar-refractivity contribution in [1.29, 1.82) is 0 Å². The Morgan fingerprint density at radius 1 is 1.37 bits per heavy atom. The summed E-state index contributed by atoms with van der Waals surface area (Å²) in [7, 11) is 1.66. The van der Waals surface area contributed by atoms with Gasteiger partial charge in [0.25, 0.3) is 0 Å². The van der Waals surface area contributed by atoms with E-state index in [0.29, 0.717) is 0 Å². The average Bonchev–Trinajstić information content (AvgIpc) is 2.99. The van der Waals surface area contributed by atoms with Crippen LogP contribution in [-0.4, -0.2) is 21.7 Å². The molecule has 0 fully saturated rings. The zero-order valence-electron chi connectivity index (χ0n) is 10.7. The van der Waals surface area contributed by atoms with Crippen LogP contribution in [0.15, 0.2) is 29.6 Å². The Morgan fingerprint density at radius 2 is 2.21 bits per heavy atom. The second-order valence-electron chi connectivity index (χ2n) is 4.32. The molecule has 0 radical (unpaired) electrons. The first-order valence-corrected chi connectivity index (χ1v) is 6.81. The number of nitrogens with two attached hydrogens (primary N) is 1. The first-order valence-electron chi connectivity index (χ1n) is 5.93. The minimum absolute atomic E-state index is 0.158. The quantitative estimate of drug-likeness (QED) is 0.797. The van der Waals surface area contributed by atoms with Crippen molar-refractivity contribution >= 4 is 16.3 Å². The molecule has 2 aromatic heterocycles. The highest BCUT2D eigenvalue weighted by atomic mass is 32.1. The maximum Gasteiger partial charge on any atom is 0.216 e. The number of thiazole rings is 1. The number of benzene rings is 1. The molecule has 98 valence electrons. The molecule has 0 amide bonds. The smallest absolute Gasteiger partial charge is 0.216 e. The van der Waals surface area contributed by atoms with Crippen LogP contribution in [0.25, 0.3) is 16.2 Å². The summed E-state index contributed by atoms with van der Waals surface area (Å²) in [6.45, 7) is 1.91. The molecular weight excluding hydrogens is 260 g/mol. The van der Waals surface area contributed by atoms with E-state index >= 15 is 0 Å². The van der Waals surface area contributed by atoms with Gasteiger partial charge in [0.05, 0.1) is 18.8 Å². The molecule has 0 aliphatic heterocycles. The van der Waals surface area contributed by atoms with Gasteiger partial charge in [-0.05, 0) is 19.1 Å². The number of rotatable bonds is 3. The van der Waals surface area contributed by atoms with Crippen molar-refractivity contribution in [2.75, 3.05) is 7.11 Å². The molecule has 2 heterocycles. The van der Waals surface area contributed by atoms with Gasteiger partial charge in [-0.1, -0.05) is 12.1 Å². The topological polar surface area (TPSA) is 65.4 Å². The SMILES string of the molecule is COc1cccc(-c2csc3nnc(C(C)N)n23)c1. The highest BCUT2D eigenvalue weighted by molar-refractivity contribution is 7.15. The number of aromatic nitrogens is 3. The molecule has 0 spiro atoms. The van der Waals surface area contributed by atoms with Crippen LogP contribution in [0.5, 0.6) is 5.75 Å². The van der Waals surface area contributed by atoms with E-state index < -0.39 is 0 Å². The lowest BCUT2D eigenvalue weighted by Crippen LogP contribution is -2.10. The second-order valence-corrected chi connectivity index (χ2v) is 5.15. The Kier molecular flexibility index (Phi) is 2.96. The van der Waals surface area contributed by atoms with Crippen LogP contribution >= 0.6 is 11.3 Å². The van der Waals surface area contributed by atoms with Crippen LogP contribution in [0.4, 0.5) is 0 Å². The van der Waals surface area contributed by atoms with E-state index in [1.807, 2.05) is 35.6 Å². The van der Waals surface area contributed by atoms with Crippen molar-refractivity contribution in [2.24, 2.45) is 5.73 Å². The van der Waals surface area contributed by atoms with Crippen molar-refractivity contribution in [3.63, 3.8) is 0 Å². The number of nitrogens with zero attached hydrogens (tertiary/aromatic N) is 3. The van der Waals surface area contributed by atoms with Gasteiger partial charge in [-0.25, -0.2) is 0 Å². The van der Waals surface area contributed by atoms with Gasteiger partial charge < -0.3 is 10.5 Å². The van der Waals surface area contributed by atoms with Crippen LogP contribution in [0.3, 0.4) is 0 Å². The van der Waals surface area contributed by atoms with E-state index in [2.05, 4.69) is 15.6 Å². The second kappa shape index (κ2) is 4.64. The van der Waals surface area contributed by atoms with Gasteiger partial charge in [-0.15, -0.1) is 21.5 Å². The Bertz CT molecular complexity index is 716. The van der Waals surface area contributed by atoms with Crippen LogP contribution in [0.2, 0.25) is 0 Å². The van der Waals surface area contributed by atoms with E-state index in [0.717, 1.165) is 27.8 Å². The molecule has 0 saturated heterocycles. The standard InChI is InChI=1S/C13H14N4OS/c1-8(14)12-15-16-13-17(12)11(7-19-13)9-4-3-5-10(6-9)18-2/h3-8H,14H2,1-2H3. The molecule has 1 aromatic carbocycles. The first kappa shape index (κ1) is 12.1. The number of fused-ring (bicyclic) bond motifs is 1. The minimum Gasteiger partial charge on any atom is -0.497 e. The number of hydrogen-bond acceptors (Lipinski definition) is 5. The molecule has 6 heteroatoms. The fourth-order valence-corrected chi connectivity index (χ4v) is 2.86. The number of ether oxygens (including phenoxy) is 1. The molecule has 0 saturated carbocycles. The Hall–Kier alpha value is -1.92. The fourth-order valence-electron chi connectivity index (χ4n) is 2.02. The summed E-state index contributed by atoms with van der Waals surface area (Å²) in [5, 5.41) is 10.4. The number of methoxy groups -OCH3 is 1. The van der Waals surface area contributed by atoms with Crippen LogP contribution < -0.4 is 10.5 Å². The Balaban J connectivity index is 2.21. The van der Waals surface area contributed by atoms with Crippen molar-refractivity contribution in [1.82, 2.24) is 14.6 Å². The van der Waals surface area contributed by atoms with Gasteiger partial charge in [0.15, 0.2) is 5.82 Å². The van der Waals surface area contributed by atoms with Crippen LogP contribution in [-0.2, 0) is 0 Å². The highest BCUT2D eigenvalue weighted by Gasteiger charge is 2.16. The highest BCUT2D eigenvalue weighted by Crippen LogP contribution is 2.29. The zero-order valence-corrected chi connectivity index (χ0v) is 11.5. The zero-order chi connectivity index (χ0) is 13.4. The van der Waals surface area contributed by atoms with E-state index in [1.54, 1.807) is 18.4 Å². The van der Waals surface area contributed by atoms with Crippen molar-refractivity contribution < 1.29 is 4.74 Å². The van der Waals surface area contributed by atoms with Crippen molar-refractivity contribution in [3.05, 3.63) is 35.5 Å². The molecule has 3 rings (SSSR count). The summed E-state index contributed by atoms with van der Waals surface area (Å²) in [6.07, 6.45) is 0. The Morgan fingerprint density at radius 3 is 2.95 bits per heavy atom. The number of hydrogen-bond donors (Lipinski definition) is 1. The molecule has 3 aromatic rings. The van der Waals surface area contributed by atoms with Gasteiger partial charge in [-0.3, -0.25) is 4.40 Å². The molecule has 0 bridgehead atoms.